The predicted molar refractivity (Wildman–Crippen MR) is 97.9 cm³/mol. The van der Waals surface area contributed by atoms with E-state index in [1.807, 2.05) is 6.07 Å². The van der Waals surface area contributed by atoms with Crippen molar-refractivity contribution in [2.24, 2.45) is 5.41 Å². The Bertz CT molecular complexity index is 1080. The lowest BCUT2D eigenvalue weighted by Crippen LogP contribution is -2.56. The fraction of sp³-hybridized carbons (Fsp3) is 0.250. The van der Waals surface area contributed by atoms with Gasteiger partial charge in [-0.3, -0.25) is 4.57 Å². The van der Waals surface area contributed by atoms with E-state index in [1.165, 1.54) is 4.57 Å². The number of hydrogen-bond donors (Lipinski definition) is 2. The van der Waals surface area contributed by atoms with Gasteiger partial charge in [-0.15, -0.1) is 0 Å². The van der Waals surface area contributed by atoms with E-state index in [2.05, 4.69) is 4.98 Å². The van der Waals surface area contributed by atoms with E-state index in [1.54, 1.807) is 69.3 Å². The Hall–Kier alpha value is -3.33. The number of fused-ring (bicyclic) bond motifs is 1. The molecule has 26 heavy (non-hydrogen) atoms. The summed E-state index contributed by atoms with van der Waals surface area (Å²) in [5.74, 6) is -1.14. The lowest BCUT2D eigenvalue weighted by atomic mass is 9.69. The third-order valence-corrected chi connectivity index (χ3v) is 4.73. The zero-order chi connectivity index (χ0) is 19.1. The predicted octanol–water partition coefficient (Wildman–Crippen LogP) is 3.08. The molecule has 3 rings (SSSR count). The summed E-state index contributed by atoms with van der Waals surface area (Å²) in [7, 11) is 0. The van der Waals surface area contributed by atoms with Crippen molar-refractivity contribution >= 4 is 17.0 Å². The number of aromatic amines is 1. The number of carboxylic acids is 1. The van der Waals surface area contributed by atoms with E-state index >= 15 is 0 Å². The second kappa shape index (κ2) is 5.88. The van der Waals surface area contributed by atoms with Crippen molar-refractivity contribution in [2.75, 3.05) is 0 Å². The molecule has 0 bridgehead atoms. The number of imidazole rings is 1. The Labute approximate surface area is 150 Å². The number of aliphatic carboxylic acids is 1. The Kier molecular flexibility index (Phi) is 3.96. The van der Waals surface area contributed by atoms with E-state index in [4.69, 9.17) is 0 Å². The van der Waals surface area contributed by atoms with Crippen LogP contribution in [0.15, 0.2) is 53.3 Å². The topological polar surface area (TPSA) is 98.9 Å². The molecule has 3 aromatic rings. The minimum Gasteiger partial charge on any atom is -0.479 e. The molecule has 1 unspecified atom stereocenters. The van der Waals surface area contributed by atoms with Crippen LogP contribution in [-0.4, -0.2) is 20.6 Å². The van der Waals surface area contributed by atoms with Crippen molar-refractivity contribution in [3.8, 4) is 6.07 Å². The number of carbonyl (C=O) groups is 1. The van der Waals surface area contributed by atoms with Gasteiger partial charge in [-0.25, -0.2) is 9.59 Å². The number of rotatable bonds is 3. The maximum Gasteiger partial charge on any atom is 0.335 e. The molecule has 1 heterocycles. The lowest BCUT2D eigenvalue weighted by molar-refractivity contribution is -0.150. The van der Waals surface area contributed by atoms with Gasteiger partial charge in [0.1, 0.15) is 0 Å². The van der Waals surface area contributed by atoms with Crippen LogP contribution >= 0.6 is 0 Å². The molecule has 132 valence electrons. The van der Waals surface area contributed by atoms with Gasteiger partial charge in [0.2, 0.25) is 0 Å². The van der Waals surface area contributed by atoms with E-state index < -0.39 is 22.6 Å². The van der Waals surface area contributed by atoms with Crippen molar-refractivity contribution in [3.63, 3.8) is 0 Å². The lowest BCUT2D eigenvalue weighted by Gasteiger charge is -2.42. The van der Waals surface area contributed by atoms with E-state index in [0.717, 1.165) is 0 Å². The summed E-state index contributed by atoms with van der Waals surface area (Å²) in [4.78, 5) is 28.3. The van der Waals surface area contributed by atoms with Crippen LogP contribution in [0.1, 0.15) is 31.9 Å². The average Bonchev–Trinajstić information content (AvgIpc) is 2.91. The standard InChI is InChI=1S/C20H19N3O3/c1-19(2,3)20(17(24)25,14-7-5-4-6-8-14)23-16-11-13(12-21)9-10-15(16)22-18(23)26/h4-11H,1-3H3,(H,22,26)(H,24,25). The number of H-pyrrole nitrogens is 1. The molecule has 6 nitrogen and oxygen atoms in total. The van der Waals surface area contributed by atoms with Gasteiger partial charge in [0.25, 0.3) is 0 Å². The Balaban J connectivity index is 2.55. The van der Waals surface area contributed by atoms with E-state index in [9.17, 15) is 20.0 Å². The summed E-state index contributed by atoms with van der Waals surface area (Å²) < 4.78 is 1.26. The molecule has 1 atom stereocenters. The van der Waals surface area contributed by atoms with Gasteiger partial charge in [-0.2, -0.15) is 5.26 Å². The molecular weight excluding hydrogens is 330 g/mol. The van der Waals surface area contributed by atoms with Gasteiger partial charge < -0.3 is 10.1 Å². The van der Waals surface area contributed by atoms with Crippen LogP contribution in [0.2, 0.25) is 0 Å². The highest BCUT2D eigenvalue weighted by molar-refractivity contribution is 5.87. The minimum absolute atomic E-state index is 0.353. The average molecular weight is 349 g/mol. The van der Waals surface area contributed by atoms with E-state index in [0.29, 0.717) is 22.2 Å². The normalized spacial score (nSPS) is 13.9. The smallest absolute Gasteiger partial charge is 0.335 e. The van der Waals surface area contributed by atoms with Crippen LogP contribution in [0.3, 0.4) is 0 Å². The zero-order valence-corrected chi connectivity index (χ0v) is 14.8. The SMILES string of the molecule is CC(C)(C)C(C(=O)O)(c1ccccc1)n1c(=O)[nH]c2ccc(C#N)cc21. The number of benzene rings is 2. The third kappa shape index (κ3) is 2.32. The molecule has 0 aliphatic heterocycles. The largest absolute Gasteiger partial charge is 0.479 e. The number of nitrogens with zero attached hydrogens (tertiary/aromatic N) is 2. The molecule has 0 saturated carbocycles. The first kappa shape index (κ1) is 17.5. The fourth-order valence-corrected chi connectivity index (χ4v) is 3.62. The maximum atomic E-state index is 12.9. The number of carboxylic acid groups (broad SMARTS) is 1. The van der Waals surface area contributed by atoms with Gasteiger partial charge in [0.05, 0.1) is 22.7 Å². The zero-order valence-electron chi connectivity index (χ0n) is 14.8. The quantitative estimate of drug-likeness (QED) is 0.759. The first-order chi connectivity index (χ1) is 12.2. The number of aromatic nitrogens is 2. The van der Waals surface area contributed by atoms with Crippen LogP contribution in [0.25, 0.3) is 11.0 Å². The molecule has 0 saturated heterocycles. The summed E-state index contributed by atoms with van der Waals surface area (Å²) in [6.07, 6.45) is 0. The van der Waals surface area contributed by atoms with Crippen molar-refractivity contribution in [1.29, 1.82) is 5.26 Å². The van der Waals surface area contributed by atoms with Crippen LogP contribution in [0.5, 0.6) is 0 Å². The number of nitriles is 1. The summed E-state index contributed by atoms with van der Waals surface area (Å²) in [5, 5.41) is 19.6. The summed E-state index contributed by atoms with van der Waals surface area (Å²) in [6.45, 7) is 5.36. The number of nitrogens with one attached hydrogen (secondary N) is 1. The first-order valence-electron chi connectivity index (χ1n) is 8.17. The van der Waals surface area contributed by atoms with Crippen molar-refractivity contribution in [2.45, 2.75) is 26.3 Å². The van der Waals surface area contributed by atoms with Gasteiger partial charge in [-0.05, 0) is 23.8 Å². The molecule has 0 aliphatic carbocycles. The minimum atomic E-state index is -1.66. The van der Waals surface area contributed by atoms with Crippen molar-refractivity contribution in [1.82, 2.24) is 9.55 Å². The van der Waals surface area contributed by atoms with Gasteiger partial charge in [0.15, 0.2) is 5.54 Å². The summed E-state index contributed by atoms with van der Waals surface area (Å²) in [6, 6.07) is 15.5. The molecule has 0 amide bonds. The second-order valence-corrected chi connectivity index (χ2v) is 7.24. The van der Waals surface area contributed by atoms with Crippen molar-refractivity contribution < 1.29 is 9.90 Å². The second-order valence-electron chi connectivity index (χ2n) is 7.24. The molecule has 2 N–H and O–H groups in total. The monoisotopic (exact) mass is 349 g/mol. The van der Waals surface area contributed by atoms with Crippen LogP contribution in [-0.2, 0) is 10.3 Å². The van der Waals surface area contributed by atoms with Gasteiger partial charge >= 0.3 is 11.7 Å². The van der Waals surface area contributed by atoms with Crippen LogP contribution < -0.4 is 5.69 Å². The maximum absolute atomic E-state index is 12.9. The highest BCUT2D eigenvalue weighted by atomic mass is 16.4. The summed E-state index contributed by atoms with van der Waals surface area (Å²) >= 11 is 0. The van der Waals surface area contributed by atoms with Gasteiger partial charge in [0, 0.05) is 5.41 Å². The fourth-order valence-electron chi connectivity index (χ4n) is 3.62. The highest BCUT2D eigenvalue weighted by Crippen LogP contribution is 2.44. The van der Waals surface area contributed by atoms with E-state index in [-0.39, 0.29) is 0 Å². The Morgan fingerprint density at radius 3 is 2.35 bits per heavy atom. The third-order valence-electron chi connectivity index (χ3n) is 4.73. The molecule has 6 heteroatoms. The molecule has 1 aromatic heterocycles. The molecule has 0 fully saturated rings. The first-order valence-corrected chi connectivity index (χ1v) is 8.17. The Morgan fingerprint density at radius 2 is 1.81 bits per heavy atom. The molecule has 0 radical (unpaired) electrons. The summed E-state index contributed by atoms with van der Waals surface area (Å²) in [5.41, 5.74) is -1.32. The molecule has 2 aromatic carbocycles. The molecule has 0 spiro atoms. The highest BCUT2D eigenvalue weighted by Gasteiger charge is 2.53. The number of hydrogen-bond acceptors (Lipinski definition) is 3. The Morgan fingerprint density at radius 1 is 1.15 bits per heavy atom. The van der Waals surface area contributed by atoms with Crippen LogP contribution in [0.4, 0.5) is 0 Å². The van der Waals surface area contributed by atoms with Crippen LogP contribution in [0, 0.1) is 16.7 Å². The molecular formula is C20H19N3O3. The van der Waals surface area contributed by atoms with Gasteiger partial charge in [-0.1, -0.05) is 51.1 Å². The van der Waals surface area contributed by atoms with Crippen molar-refractivity contribution in [3.05, 3.63) is 70.1 Å². The molecule has 0 aliphatic rings.